The first-order chi connectivity index (χ1) is 9.56. The number of nitrogens with one attached hydrogen (secondary N) is 1. The third kappa shape index (κ3) is 4.05. The fourth-order valence-corrected chi connectivity index (χ4v) is 2.96. The maximum atomic E-state index is 6.00. The average Bonchev–Trinajstić information content (AvgIpc) is 2.82. The van der Waals surface area contributed by atoms with E-state index in [2.05, 4.69) is 22.4 Å². The topological polar surface area (TPSA) is 76.4 Å². The van der Waals surface area contributed by atoms with Crippen molar-refractivity contribution in [3.8, 4) is 10.4 Å². The first kappa shape index (κ1) is 15.0. The monoisotopic (exact) mass is 308 g/mol. The minimum absolute atomic E-state index is 0.461. The van der Waals surface area contributed by atoms with Crippen LogP contribution in [0.3, 0.4) is 0 Å². The molecule has 1 aromatic carbocycles. The molecule has 1 aromatic heterocycles. The van der Waals surface area contributed by atoms with E-state index in [-0.39, 0.29) is 0 Å². The van der Waals surface area contributed by atoms with E-state index in [1.807, 2.05) is 24.3 Å². The molecule has 0 spiro atoms. The second kappa shape index (κ2) is 6.85. The first-order valence-corrected chi connectivity index (χ1v) is 7.38. The Morgan fingerprint density at radius 3 is 2.75 bits per heavy atom. The number of hydrogen-bond donors (Lipinski definition) is 3. The Morgan fingerprint density at radius 1 is 1.35 bits per heavy atom. The number of thiophene rings is 1. The van der Waals surface area contributed by atoms with Crippen molar-refractivity contribution in [2.75, 3.05) is 0 Å². The smallest absolute Gasteiger partial charge is 0.153 e. The summed E-state index contributed by atoms with van der Waals surface area (Å²) in [5, 5.41) is 3.13. The van der Waals surface area contributed by atoms with Gasteiger partial charge in [-0.25, -0.2) is 4.99 Å². The molecule has 2 rings (SSSR count). The number of benzene rings is 1. The van der Waals surface area contributed by atoms with Crippen molar-refractivity contribution in [2.24, 2.45) is 16.5 Å². The number of nitrogens with zero attached hydrogens (tertiary/aromatic N) is 1. The second-order valence-corrected chi connectivity index (χ2v) is 6.07. The SMILES string of the molecule is C/C(N)=N\C(N)NCc1ccccc1-c1ccc(Cl)s1. The van der Waals surface area contributed by atoms with Gasteiger partial charge in [-0.1, -0.05) is 35.9 Å². The predicted octanol–water partition coefficient (Wildman–Crippen LogP) is 2.78. The van der Waals surface area contributed by atoms with E-state index in [1.54, 1.807) is 18.3 Å². The van der Waals surface area contributed by atoms with Gasteiger partial charge in [0.1, 0.15) is 0 Å². The highest BCUT2D eigenvalue weighted by Gasteiger charge is 2.08. The lowest BCUT2D eigenvalue weighted by molar-refractivity contribution is 0.547. The summed E-state index contributed by atoms with van der Waals surface area (Å²) in [5.41, 5.74) is 13.6. The number of amidine groups is 1. The van der Waals surface area contributed by atoms with Crippen LogP contribution >= 0.6 is 22.9 Å². The van der Waals surface area contributed by atoms with Gasteiger partial charge in [0.15, 0.2) is 6.29 Å². The van der Waals surface area contributed by atoms with E-state index in [4.69, 9.17) is 23.1 Å². The van der Waals surface area contributed by atoms with Crippen LogP contribution < -0.4 is 16.8 Å². The van der Waals surface area contributed by atoms with Gasteiger partial charge in [-0.15, -0.1) is 11.3 Å². The molecule has 0 aliphatic rings. The number of aliphatic imine (C=N–C) groups is 1. The van der Waals surface area contributed by atoms with Gasteiger partial charge >= 0.3 is 0 Å². The zero-order valence-corrected chi connectivity index (χ0v) is 12.7. The molecule has 1 atom stereocenters. The van der Waals surface area contributed by atoms with E-state index in [0.29, 0.717) is 12.4 Å². The molecule has 0 fully saturated rings. The predicted molar refractivity (Wildman–Crippen MR) is 86.9 cm³/mol. The average molecular weight is 309 g/mol. The van der Waals surface area contributed by atoms with Crippen LogP contribution in [0.15, 0.2) is 41.4 Å². The molecule has 2 aromatic rings. The summed E-state index contributed by atoms with van der Waals surface area (Å²) < 4.78 is 0.780. The van der Waals surface area contributed by atoms with Crippen molar-refractivity contribution in [3.05, 3.63) is 46.3 Å². The molecule has 6 heteroatoms. The van der Waals surface area contributed by atoms with Crippen molar-refractivity contribution in [3.63, 3.8) is 0 Å². The second-order valence-electron chi connectivity index (χ2n) is 4.36. The standard InChI is InChI=1S/C14H17ClN4S/c1-9(16)19-14(17)18-8-10-4-2-3-5-11(10)12-6-7-13(15)20-12/h2-7,14,18H,8,17H2,1H3,(H2,16,19). The summed E-state index contributed by atoms with van der Waals surface area (Å²) >= 11 is 7.56. The Hall–Kier alpha value is -1.40. The fraction of sp³-hybridized carbons (Fsp3) is 0.214. The van der Waals surface area contributed by atoms with Crippen LogP contribution in [0.2, 0.25) is 4.34 Å². The van der Waals surface area contributed by atoms with Gasteiger partial charge in [0, 0.05) is 11.4 Å². The van der Waals surface area contributed by atoms with E-state index < -0.39 is 6.29 Å². The minimum Gasteiger partial charge on any atom is -0.388 e. The van der Waals surface area contributed by atoms with Crippen LogP contribution in [-0.2, 0) is 6.54 Å². The molecule has 0 aliphatic heterocycles. The summed E-state index contributed by atoms with van der Waals surface area (Å²) in [6.45, 7) is 2.33. The lowest BCUT2D eigenvalue weighted by Crippen LogP contribution is -2.36. The summed E-state index contributed by atoms with van der Waals surface area (Å²) in [5.74, 6) is 0.461. The maximum Gasteiger partial charge on any atom is 0.153 e. The van der Waals surface area contributed by atoms with Crippen LogP contribution in [-0.4, -0.2) is 12.1 Å². The quantitative estimate of drug-likeness (QED) is 0.451. The van der Waals surface area contributed by atoms with Crippen LogP contribution in [0.1, 0.15) is 12.5 Å². The molecule has 0 saturated heterocycles. The summed E-state index contributed by atoms with van der Waals surface area (Å²) in [7, 11) is 0. The van der Waals surface area contributed by atoms with Gasteiger partial charge in [0.05, 0.1) is 10.2 Å². The Kier molecular flexibility index (Phi) is 5.14. The first-order valence-electron chi connectivity index (χ1n) is 6.18. The van der Waals surface area contributed by atoms with Crippen molar-refractivity contribution in [1.29, 1.82) is 0 Å². The van der Waals surface area contributed by atoms with Gasteiger partial charge in [0.25, 0.3) is 0 Å². The molecule has 0 radical (unpaired) electrons. The lowest BCUT2D eigenvalue weighted by Gasteiger charge is -2.12. The molecule has 1 unspecified atom stereocenters. The van der Waals surface area contributed by atoms with Gasteiger partial charge in [0.2, 0.25) is 0 Å². The molecular weight excluding hydrogens is 292 g/mol. The molecule has 106 valence electrons. The van der Waals surface area contributed by atoms with Crippen LogP contribution in [0.25, 0.3) is 10.4 Å². The van der Waals surface area contributed by atoms with E-state index in [9.17, 15) is 0 Å². The van der Waals surface area contributed by atoms with E-state index in [0.717, 1.165) is 20.3 Å². The van der Waals surface area contributed by atoms with Crippen molar-refractivity contribution < 1.29 is 0 Å². The normalized spacial score (nSPS) is 13.4. The molecule has 0 amide bonds. The van der Waals surface area contributed by atoms with Crippen molar-refractivity contribution in [2.45, 2.75) is 19.8 Å². The Labute approximate surface area is 127 Å². The summed E-state index contributed by atoms with van der Waals surface area (Å²) in [4.78, 5) is 5.18. The molecule has 1 heterocycles. The van der Waals surface area contributed by atoms with Gasteiger partial charge in [-0.2, -0.15) is 0 Å². The van der Waals surface area contributed by atoms with Crippen molar-refractivity contribution >= 4 is 28.8 Å². The Morgan fingerprint density at radius 2 is 2.10 bits per heavy atom. The number of rotatable bonds is 5. The maximum absolute atomic E-state index is 6.00. The Bertz CT molecular complexity index is 605. The molecule has 5 N–H and O–H groups in total. The van der Waals surface area contributed by atoms with Gasteiger partial charge in [-0.3, -0.25) is 11.1 Å². The third-order valence-corrected chi connectivity index (χ3v) is 3.96. The van der Waals surface area contributed by atoms with Crippen molar-refractivity contribution in [1.82, 2.24) is 5.32 Å². The number of nitrogens with two attached hydrogens (primary N) is 2. The molecule has 4 nitrogen and oxygen atoms in total. The zero-order valence-electron chi connectivity index (χ0n) is 11.1. The van der Waals surface area contributed by atoms with Gasteiger partial charge in [-0.05, 0) is 30.2 Å². The summed E-state index contributed by atoms with van der Waals surface area (Å²) in [6, 6.07) is 12.1. The molecular formula is C14H17ClN4S. The third-order valence-electron chi connectivity index (χ3n) is 2.70. The highest BCUT2D eigenvalue weighted by Crippen LogP contribution is 2.32. The molecule has 0 bridgehead atoms. The highest BCUT2D eigenvalue weighted by molar-refractivity contribution is 7.19. The molecule has 0 aliphatic carbocycles. The largest absolute Gasteiger partial charge is 0.388 e. The van der Waals surface area contributed by atoms with E-state index >= 15 is 0 Å². The number of halogens is 1. The zero-order chi connectivity index (χ0) is 14.5. The fourth-order valence-electron chi connectivity index (χ4n) is 1.85. The van der Waals surface area contributed by atoms with E-state index in [1.165, 1.54) is 0 Å². The summed E-state index contributed by atoms with van der Waals surface area (Å²) in [6.07, 6.45) is -0.500. The highest BCUT2D eigenvalue weighted by atomic mass is 35.5. The van der Waals surface area contributed by atoms with Crippen LogP contribution in [0, 0.1) is 0 Å². The molecule has 0 saturated carbocycles. The number of hydrogen-bond acceptors (Lipinski definition) is 4. The molecule has 20 heavy (non-hydrogen) atoms. The lowest BCUT2D eigenvalue weighted by atomic mass is 10.1. The minimum atomic E-state index is -0.500. The van der Waals surface area contributed by atoms with Crippen LogP contribution in [0.4, 0.5) is 0 Å². The van der Waals surface area contributed by atoms with Crippen LogP contribution in [0.5, 0.6) is 0 Å². The Balaban J connectivity index is 2.15. The van der Waals surface area contributed by atoms with Gasteiger partial charge < -0.3 is 5.73 Å².